The number of hydrogen-bond donors (Lipinski definition) is 1. The zero-order valence-corrected chi connectivity index (χ0v) is 15.4. The SMILES string of the molecule is CC(C)C[C@H](NC(=O)c1ccc2c(c1)OCO2)c1nnc(S(C)(=O)=O)o1. The lowest BCUT2D eigenvalue weighted by atomic mass is 10.0. The summed E-state index contributed by atoms with van der Waals surface area (Å²) in [6, 6.07) is 4.24. The summed E-state index contributed by atoms with van der Waals surface area (Å²) < 4.78 is 38.8. The predicted molar refractivity (Wildman–Crippen MR) is 89.6 cm³/mol. The summed E-state index contributed by atoms with van der Waals surface area (Å²) >= 11 is 0. The van der Waals surface area contributed by atoms with E-state index < -0.39 is 21.1 Å². The molecule has 1 aliphatic rings. The summed E-state index contributed by atoms with van der Waals surface area (Å²) in [5, 5.41) is 9.67. The number of hydrogen-bond acceptors (Lipinski definition) is 8. The Kier molecular flexibility index (Phi) is 4.86. The van der Waals surface area contributed by atoms with Crippen molar-refractivity contribution in [1.29, 1.82) is 0 Å². The molecule has 10 heteroatoms. The van der Waals surface area contributed by atoms with Crippen molar-refractivity contribution >= 4 is 15.7 Å². The molecule has 0 radical (unpaired) electrons. The maximum atomic E-state index is 12.6. The normalized spacial score (nSPS) is 14.5. The number of nitrogens with one attached hydrogen (secondary N) is 1. The third-order valence-corrected chi connectivity index (χ3v) is 4.48. The largest absolute Gasteiger partial charge is 0.454 e. The van der Waals surface area contributed by atoms with E-state index >= 15 is 0 Å². The molecule has 2 heterocycles. The Bertz CT molecular complexity index is 922. The molecule has 2 aromatic rings. The number of ether oxygens (including phenoxy) is 2. The Labute approximate surface area is 150 Å². The molecule has 1 amide bonds. The van der Waals surface area contributed by atoms with Crippen molar-refractivity contribution in [3.05, 3.63) is 29.7 Å². The number of benzene rings is 1. The van der Waals surface area contributed by atoms with Crippen molar-refractivity contribution in [2.24, 2.45) is 5.92 Å². The van der Waals surface area contributed by atoms with Crippen LogP contribution in [0.15, 0.2) is 27.8 Å². The smallest absolute Gasteiger partial charge is 0.335 e. The average molecular weight is 381 g/mol. The van der Waals surface area contributed by atoms with Crippen LogP contribution in [0.1, 0.15) is 42.6 Å². The van der Waals surface area contributed by atoms with Gasteiger partial charge in [0.05, 0.1) is 0 Å². The van der Waals surface area contributed by atoms with Crippen LogP contribution in [0.2, 0.25) is 0 Å². The molecule has 26 heavy (non-hydrogen) atoms. The quantitative estimate of drug-likeness (QED) is 0.803. The van der Waals surface area contributed by atoms with Crippen LogP contribution in [-0.2, 0) is 9.84 Å². The first-order chi connectivity index (χ1) is 12.2. The van der Waals surface area contributed by atoms with Crippen LogP contribution in [0, 0.1) is 5.92 Å². The lowest BCUT2D eigenvalue weighted by molar-refractivity contribution is 0.0922. The lowest BCUT2D eigenvalue weighted by Gasteiger charge is -2.17. The number of carbonyl (C=O) groups is 1. The van der Waals surface area contributed by atoms with Gasteiger partial charge in [-0.3, -0.25) is 4.79 Å². The highest BCUT2D eigenvalue weighted by molar-refractivity contribution is 7.90. The first-order valence-corrected chi connectivity index (χ1v) is 9.87. The van der Waals surface area contributed by atoms with Crippen molar-refractivity contribution in [3.63, 3.8) is 0 Å². The number of aromatic nitrogens is 2. The van der Waals surface area contributed by atoms with E-state index in [1.807, 2.05) is 13.8 Å². The summed E-state index contributed by atoms with van der Waals surface area (Å²) in [6.45, 7) is 4.05. The Morgan fingerprint density at radius 2 is 1.96 bits per heavy atom. The highest BCUT2D eigenvalue weighted by Gasteiger charge is 2.26. The first-order valence-electron chi connectivity index (χ1n) is 7.98. The van der Waals surface area contributed by atoms with Crippen LogP contribution in [0.25, 0.3) is 0 Å². The van der Waals surface area contributed by atoms with E-state index in [9.17, 15) is 13.2 Å². The van der Waals surface area contributed by atoms with E-state index in [1.165, 1.54) is 0 Å². The molecular formula is C16H19N3O6S. The van der Waals surface area contributed by atoms with E-state index in [-0.39, 0.29) is 24.5 Å². The van der Waals surface area contributed by atoms with Gasteiger partial charge < -0.3 is 19.2 Å². The van der Waals surface area contributed by atoms with Crippen molar-refractivity contribution in [2.45, 2.75) is 31.5 Å². The van der Waals surface area contributed by atoms with Gasteiger partial charge in [0.15, 0.2) is 11.5 Å². The second kappa shape index (κ2) is 6.94. The van der Waals surface area contributed by atoms with Crippen molar-refractivity contribution in [1.82, 2.24) is 15.5 Å². The maximum absolute atomic E-state index is 12.6. The van der Waals surface area contributed by atoms with E-state index in [1.54, 1.807) is 18.2 Å². The number of sulfone groups is 1. The molecule has 1 aromatic carbocycles. The molecule has 0 saturated heterocycles. The minimum Gasteiger partial charge on any atom is -0.454 e. The van der Waals surface area contributed by atoms with Gasteiger partial charge in [-0.25, -0.2) is 8.42 Å². The van der Waals surface area contributed by atoms with Gasteiger partial charge in [0.2, 0.25) is 22.5 Å². The second-order valence-corrected chi connectivity index (χ2v) is 8.30. The summed E-state index contributed by atoms with van der Waals surface area (Å²) in [7, 11) is -3.61. The lowest BCUT2D eigenvalue weighted by Crippen LogP contribution is -2.29. The molecule has 0 spiro atoms. The number of carbonyl (C=O) groups excluding carboxylic acids is 1. The predicted octanol–water partition coefficient (Wildman–Crippen LogP) is 1.72. The van der Waals surface area contributed by atoms with Crippen LogP contribution in [0.4, 0.5) is 0 Å². The van der Waals surface area contributed by atoms with Crippen molar-refractivity contribution in [3.8, 4) is 11.5 Å². The molecule has 140 valence electrons. The van der Waals surface area contributed by atoms with Gasteiger partial charge in [-0.1, -0.05) is 18.9 Å². The molecule has 1 N–H and O–H groups in total. The second-order valence-electron chi connectivity index (χ2n) is 6.40. The molecule has 0 saturated carbocycles. The van der Waals surface area contributed by atoms with Crippen LogP contribution in [0.3, 0.4) is 0 Å². The van der Waals surface area contributed by atoms with Gasteiger partial charge in [-0.2, -0.15) is 0 Å². The van der Waals surface area contributed by atoms with E-state index in [0.29, 0.717) is 23.5 Å². The van der Waals surface area contributed by atoms with Gasteiger partial charge in [-0.15, -0.1) is 5.10 Å². The van der Waals surface area contributed by atoms with E-state index in [4.69, 9.17) is 13.9 Å². The van der Waals surface area contributed by atoms with Gasteiger partial charge in [0.1, 0.15) is 6.04 Å². The summed E-state index contributed by atoms with van der Waals surface area (Å²) in [5.74, 6) is 0.956. The third kappa shape index (κ3) is 3.96. The molecule has 0 bridgehead atoms. The summed E-state index contributed by atoms with van der Waals surface area (Å²) in [5.41, 5.74) is 0.380. The summed E-state index contributed by atoms with van der Waals surface area (Å²) in [6.07, 6.45) is 1.48. The fourth-order valence-electron chi connectivity index (χ4n) is 2.48. The van der Waals surface area contributed by atoms with Crippen LogP contribution >= 0.6 is 0 Å². The molecule has 0 aliphatic carbocycles. The highest BCUT2D eigenvalue weighted by Crippen LogP contribution is 2.32. The Morgan fingerprint density at radius 3 is 2.62 bits per heavy atom. The first kappa shape index (κ1) is 18.2. The zero-order chi connectivity index (χ0) is 18.9. The third-order valence-electron chi connectivity index (χ3n) is 3.68. The summed E-state index contributed by atoms with van der Waals surface area (Å²) in [4.78, 5) is 12.6. The number of nitrogens with zero attached hydrogens (tertiary/aromatic N) is 2. The topological polar surface area (TPSA) is 121 Å². The molecule has 9 nitrogen and oxygen atoms in total. The van der Waals surface area contributed by atoms with Crippen molar-refractivity contribution < 1.29 is 27.1 Å². The minimum absolute atomic E-state index is 0.0493. The standard InChI is InChI=1S/C16H19N3O6S/c1-9(2)6-11(15-18-19-16(25-15)26(3,21)22)17-14(20)10-4-5-12-13(7-10)24-8-23-12/h4-5,7,9,11H,6,8H2,1-3H3,(H,17,20)/t11-/m0/s1. The molecule has 1 aromatic heterocycles. The van der Waals surface area contributed by atoms with Crippen LogP contribution in [-0.4, -0.2) is 37.6 Å². The van der Waals surface area contributed by atoms with Crippen molar-refractivity contribution in [2.75, 3.05) is 13.0 Å². The van der Waals surface area contributed by atoms with E-state index in [2.05, 4.69) is 15.5 Å². The molecular weight excluding hydrogens is 362 g/mol. The highest BCUT2D eigenvalue weighted by atomic mass is 32.2. The number of rotatable bonds is 6. The maximum Gasteiger partial charge on any atom is 0.335 e. The zero-order valence-electron chi connectivity index (χ0n) is 14.6. The molecule has 1 aliphatic heterocycles. The number of fused-ring (bicyclic) bond motifs is 1. The molecule has 0 unspecified atom stereocenters. The van der Waals surface area contributed by atoms with Crippen LogP contribution in [0.5, 0.6) is 11.5 Å². The van der Waals surface area contributed by atoms with Gasteiger partial charge in [0.25, 0.3) is 5.91 Å². The Hall–Kier alpha value is -2.62. The fraction of sp³-hybridized carbons (Fsp3) is 0.438. The fourth-order valence-corrected chi connectivity index (χ4v) is 2.91. The Morgan fingerprint density at radius 1 is 1.23 bits per heavy atom. The van der Waals surface area contributed by atoms with E-state index in [0.717, 1.165) is 6.26 Å². The monoisotopic (exact) mass is 381 g/mol. The molecule has 3 rings (SSSR count). The van der Waals surface area contributed by atoms with Gasteiger partial charge in [-0.05, 0) is 30.5 Å². The average Bonchev–Trinajstić information content (AvgIpc) is 3.21. The molecule has 0 fully saturated rings. The Balaban J connectivity index is 1.82. The number of amides is 1. The minimum atomic E-state index is -3.61. The van der Waals surface area contributed by atoms with Crippen LogP contribution < -0.4 is 14.8 Å². The van der Waals surface area contributed by atoms with Gasteiger partial charge in [0, 0.05) is 11.8 Å². The van der Waals surface area contributed by atoms with Gasteiger partial charge >= 0.3 is 5.22 Å². The molecule has 1 atom stereocenters.